The number of carbonyl (C=O) groups is 1. The summed E-state index contributed by atoms with van der Waals surface area (Å²) in [6, 6.07) is 23.3. The first-order chi connectivity index (χ1) is 19.0. The Morgan fingerprint density at radius 3 is 2.44 bits per heavy atom. The van der Waals surface area contributed by atoms with Crippen molar-refractivity contribution in [3.05, 3.63) is 78.6 Å². The van der Waals surface area contributed by atoms with E-state index in [2.05, 4.69) is 83.9 Å². The van der Waals surface area contributed by atoms with Gasteiger partial charge in [0.15, 0.2) is 0 Å². The van der Waals surface area contributed by atoms with Crippen LogP contribution in [0.15, 0.2) is 72.9 Å². The molecule has 7 heteroatoms. The average molecular weight is 539 g/mol. The van der Waals surface area contributed by atoms with Crippen molar-refractivity contribution in [2.45, 2.75) is 26.8 Å². The van der Waals surface area contributed by atoms with Gasteiger partial charge in [-0.05, 0) is 59.8 Å². The summed E-state index contributed by atoms with van der Waals surface area (Å²) in [6.45, 7) is 8.23. The Morgan fingerprint density at radius 1 is 0.974 bits per heavy atom. The molecule has 1 saturated heterocycles. The fraction of sp³-hybridized carbons (Fsp3) is 0.312. The topological polar surface area (TPSA) is 50.1 Å². The lowest BCUT2D eigenvalue weighted by molar-refractivity contribution is -0.133. The van der Waals surface area contributed by atoms with Gasteiger partial charge in [0.2, 0.25) is 5.91 Å². The summed E-state index contributed by atoms with van der Waals surface area (Å²) in [4.78, 5) is 23.4. The summed E-state index contributed by atoms with van der Waals surface area (Å²) < 4.78 is 8.95. The Balaban J connectivity index is 1.35. The van der Waals surface area contributed by atoms with Crippen LogP contribution in [0.2, 0.25) is 0 Å². The molecule has 0 bridgehead atoms. The van der Waals surface area contributed by atoms with Crippen molar-refractivity contribution in [2.24, 2.45) is 5.92 Å². The first kappa shape index (κ1) is 25.6. The molecule has 1 aliphatic heterocycles. The van der Waals surface area contributed by atoms with Gasteiger partial charge in [0.1, 0.15) is 11.4 Å². The van der Waals surface area contributed by atoms with Crippen LogP contribution in [0.5, 0.6) is 5.75 Å². The van der Waals surface area contributed by atoms with Gasteiger partial charge >= 0.3 is 0 Å². The largest absolute Gasteiger partial charge is 0.497 e. The summed E-state index contributed by atoms with van der Waals surface area (Å²) in [7, 11) is 1.69. The number of benzene rings is 2. The van der Waals surface area contributed by atoms with Crippen LogP contribution in [-0.2, 0) is 11.3 Å². The minimum Gasteiger partial charge on any atom is -0.497 e. The number of rotatable bonds is 7. The molecule has 1 amide bonds. The molecule has 6 rings (SSSR count). The molecular weight excluding hydrogens is 504 g/mol. The Labute approximate surface area is 233 Å². The zero-order valence-electron chi connectivity index (χ0n) is 22.8. The average Bonchev–Trinajstić information content (AvgIpc) is 3.54. The quantitative estimate of drug-likeness (QED) is 0.235. The predicted molar refractivity (Wildman–Crippen MR) is 159 cm³/mol. The summed E-state index contributed by atoms with van der Waals surface area (Å²) >= 11 is 1.82. The third-order valence-corrected chi connectivity index (χ3v) is 8.64. The van der Waals surface area contributed by atoms with Crippen LogP contribution in [0.1, 0.15) is 26.0 Å². The highest BCUT2D eigenvalue weighted by Crippen LogP contribution is 2.35. The van der Waals surface area contributed by atoms with Crippen molar-refractivity contribution in [1.82, 2.24) is 19.2 Å². The number of methoxy groups -OCH3 is 1. The summed E-state index contributed by atoms with van der Waals surface area (Å²) in [5.74, 6) is 1.49. The normalized spacial score (nSPS) is 14.5. The molecule has 200 valence electrons. The Hall–Kier alpha value is -3.68. The zero-order valence-corrected chi connectivity index (χ0v) is 23.6. The fourth-order valence-electron chi connectivity index (χ4n) is 5.34. The molecule has 1 fully saturated rings. The van der Waals surface area contributed by atoms with Crippen LogP contribution in [0.3, 0.4) is 0 Å². The molecule has 39 heavy (non-hydrogen) atoms. The molecule has 3 aromatic heterocycles. The standard InChI is InChI=1S/C32H34N4O2S/c1-22(2)18-31(37)35-16-14-34(15-17-35)21-27-32(23-8-11-26(38-3)12-9-23)33-30-13-10-25(20-36(27)30)29-19-24-6-4-5-7-28(24)39-29/h4-13,19-20,22H,14-18,21H2,1-3H3. The van der Waals surface area contributed by atoms with Gasteiger partial charge in [-0.25, -0.2) is 4.98 Å². The number of aromatic nitrogens is 2. The van der Waals surface area contributed by atoms with Crippen molar-refractivity contribution in [1.29, 1.82) is 0 Å². The fourth-order valence-corrected chi connectivity index (χ4v) is 6.39. The second-order valence-corrected chi connectivity index (χ2v) is 11.8. The SMILES string of the molecule is COc1ccc(-c2nc3ccc(-c4cc5ccccc5s4)cn3c2CN2CCN(C(=O)CC(C)C)CC2)cc1. The molecule has 2 aromatic carbocycles. The first-order valence-corrected chi connectivity index (χ1v) is 14.4. The maximum Gasteiger partial charge on any atom is 0.222 e. The summed E-state index contributed by atoms with van der Waals surface area (Å²) in [5, 5.41) is 1.27. The number of fused-ring (bicyclic) bond motifs is 2. The number of thiophene rings is 1. The molecule has 6 nitrogen and oxygen atoms in total. The molecule has 0 N–H and O–H groups in total. The smallest absolute Gasteiger partial charge is 0.222 e. The van der Waals surface area contributed by atoms with E-state index in [0.29, 0.717) is 12.3 Å². The number of imidazole rings is 1. The molecule has 0 spiro atoms. The highest BCUT2D eigenvalue weighted by atomic mass is 32.1. The van der Waals surface area contributed by atoms with E-state index in [1.165, 1.54) is 26.2 Å². The van der Waals surface area contributed by atoms with Crippen LogP contribution in [-0.4, -0.2) is 58.4 Å². The Kier molecular flexibility index (Phi) is 7.11. The van der Waals surface area contributed by atoms with E-state index in [0.717, 1.165) is 55.4 Å². The van der Waals surface area contributed by atoms with E-state index in [4.69, 9.17) is 9.72 Å². The third kappa shape index (κ3) is 5.29. The Morgan fingerprint density at radius 2 is 1.72 bits per heavy atom. The number of hydrogen-bond donors (Lipinski definition) is 0. The van der Waals surface area contributed by atoms with Crippen LogP contribution < -0.4 is 4.74 Å². The highest BCUT2D eigenvalue weighted by molar-refractivity contribution is 7.22. The minimum absolute atomic E-state index is 0.270. The Bertz CT molecular complexity index is 1580. The van der Waals surface area contributed by atoms with Gasteiger partial charge in [0.25, 0.3) is 0 Å². The van der Waals surface area contributed by atoms with Crippen molar-refractivity contribution >= 4 is 33.0 Å². The molecule has 0 radical (unpaired) electrons. The van der Waals surface area contributed by atoms with E-state index in [1.807, 2.05) is 28.4 Å². The van der Waals surface area contributed by atoms with E-state index in [1.54, 1.807) is 7.11 Å². The molecule has 4 heterocycles. The van der Waals surface area contributed by atoms with Gasteiger partial charge in [-0.1, -0.05) is 32.0 Å². The maximum atomic E-state index is 12.6. The lowest BCUT2D eigenvalue weighted by Gasteiger charge is -2.35. The van der Waals surface area contributed by atoms with Crippen LogP contribution >= 0.6 is 11.3 Å². The first-order valence-electron chi connectivity index (χ1n) is 13.6. The molecule has 0 unspecified atom stereocenters. The van der Waals surface area contributed by atoms with E-state index >= 15 is 0 Å². The van der Waals surface area contributed by atoms with Crippen LogP contribution in [0.25, 0.3) is 37.4 Å². The molecular formula is C32H34N4O2S. The van der Waals surface area contributed by atoms with E-state index < -0.39 is 0 Å². The highest BCUT2D eigenvalue weighted by Gasteiger charge is 2.24. The molecule has 5 aromatic rings. The van der Waals surface area contributed by atoms with Crippen molar-refractivity contribution < 1.29 is 9.53 Å². The number of hydrogen-bond acceptors (Lipinski definition) is 5. The monoisotopic (exact) mass is 538 g/mol. The van der Waals surface area contributed by atoms with Gasteiger partial charge in [-0.15, -0.1) is 11.3 Å². The number of piperazine rings is 1. The number of amides is 1. The molecule has 0 atom stereocenters. The number of pyridine rings is 1. The second-order valence-electron chi connectivity index (χ2n) is 10.7. The number of ether oxygens (including phenoxy) is 1. The number of nitrogens with zero attached hydrogens (tertiary/aromatic N) is 4. The van der Waals surface area contributed by atoms with Crippen molar-refractivity contribution in [3.8, 4) is 27.4 Å². The molecule has 1 aliphatic rings. The van der Waals surface area contributed by atoms with Gasteiger partial charge in [-0.3, -0.25) is 9.69 Å². The van der Waals surface area contributed by atoms with Gasteiger partial charge in [0.05, 0.1) is 18.5 Å². The second kappa shape index (κ2) is 10.8. The van der Waals surface area contributed by atoms with Gasteiger partial charge < -0.3 is 14.0 Å². The van der Waals surface area contributed by atoms with E-state index in [9.17, 15) is 4.79 Å². The third-order valence-electron chi connectivity index (χ3n) is 7.47. The van der Waals surface area contributed by atoms with Crippen molar-refractivity contribution in [2.75, 3.05) is 33.3 Å². The molecule has 0 aliphatic carbocycles. The van der Waals surface area contributed by atoms with E-state index in [-0.39, 0.29) is 5.91 Å². The van der Waals surface area contributed by atoms with Crippen LogP contribution in [0.4, 0.5) is 0 Å². The summed E-state index contributed by atoms with van der Waals surface area (Å²) in [6.07, 6.45) is 2.85. The lowest BCUT2D eigenvalue weighted by atomic mass is 10.1. The van der Waals surface area contributed by atoms with Gasteiger partial charge in [0, 0.05) is 66.0 Å². The minimum atomic E-state index is 0.270. The lowest BCUT2D eigenvalue weighted by Crippen LogP contribution is -2.48. The number of carbonyl (C=O) groups excluding carboxylic acids is 1. The maximum absolute atomic E-state index is 12.6. The van der Waals surface area contributed by atoms with Crippen molar-refractivity contribution in [3.63, 3.8) is 0 Å². The van der Waals surface area contributed by atoms with Gasteiger partial charge in [-0.2, -0.15) is 0 Å². The summed E-state index contributed by atoms with van der Waals surface area (Å²) in [5.41, 5.74) is 5.35. The predicted octanol–water partition coefficient (Wildman–Crippen LogP) is 6.58. The molecule has 0 saturated carbocycles. The van der Waals surface area contributed by atoms with Crippen LogP contribution in [0, 0.1) is 5.92 Å². The zero-order chi connectivity index (χ0) is 26.9.